The van der Waals surface area contributed by atoms with Crippen molar-refractivity contribution in [3.63, 3.8) is 0 Å². The van der Waals surface area contributed by atoms with Crippen LogP contribution in [0.25, 0.3) is 0 Å². The molecular weight excluding hydrogens is 279 g/mol. The van der Waals surface area contributed by atoms with Crippen LogP contribution >= 0.6 is 0 Å². The van der Waals surface area contributed by atoms with E-state index in [9.17, 15) is 13.2 Å². The Morgan fingerprint density at radius 1 is 1.14 bits per heavy atom. The van der Waals surface area contributed by atoms with Crippen molar-refractivity contribution in [2.24, 2.45) is 5.92 Å². The minimum atomic E-state index is -4.31. The molecule has 2 aliphatic rings. The first-order valence-electron chi connectivity index (χ1n) is 7.53. The molecule has 0 aromatic carbocycles. The highest BCUT2D eigenvalue weighted by molar-refractivity contribution is 5.41. The second kappa shape index (κ2) is 5.83. The highest BCUT2D eigenvalue weighted by Gasteiger charge is 2.31. The molecule has 2 aliphatic heterocycles. The normalized spacial score (nSPS) is 24.0. The molecule has 21 heavy (non-hydrogen) atoms. The number of alkyl halides is 3. The van der Waals surface area contributed by atoms with Crippen molar-refractivity contribution in [1.82, 2.24) is 9.88 Å². The number of aromatic nitrogens is 1. The van der Waals surface area contributed by atoms with E-state index in [0.29, 0.717) is 11.7 Å². The second-order valence-electron chi connectivity index (χ2n) is 6.01. The average Bonchev–Trinajstić information content (AvgIpc) is 3.10. The lowest BCUT2D eigenvalue weighted by atomic mass is 10.1. The van der Waals surface area contributed by atoms with E-state index in [1.165, 1.54) is 32.0 Å². The minimum absolute atomic E-state index is 0.604. The predicted molar refractivity (Wildman–Crippen MR) is 75.2 cm³/mol. The van der Waals surface area contributed by atoms with Gasteiger partial charge in [-0.3, -0.25) is 0 Å². The van der Waals surface area contributed by atoms with Crippen LogP contribution in [0.4, 0.5) is 19.0 Å². The van der Waals surface area contributed by atoms with Gasteiger partial charge in [-0.25, -0.2) is 4.98 Å². The van der Waals surface area contributed by atoms with Gasteiger partial charge >= 0.3 is 6.18 Å². The number of hydrogen-bond acceptors (Lipinski definition) is 3. The Kier molecular flexibility index (Phi) is 4.06. The molecule has 0 radical (unpaired) electrons. The topological polar surface area (TPSA) is 19.4 Å². The summed E-state index contributed by atoms with van der Waals surface area (Å²) in [6.45, 7) is 5.27. The van der Waals surface area contributed by atoms with E-state index in [1.807, 2.05) is 0 Å². The van der Waals surface area contributed by atoms with E-state index in [4.69, 9.17) is 0 Å². The highest BCUT2D eigenvalue weighted by Crippen LogP contribution is 2.30. The molecule has 2 saturated heterocycles. The summed E-state index contributed by atoms with van der Waals surface area (Å²) < 4.78 is 37.6. The first kappa shape index (κ1) is 14.6. The third-order valence-electron chi connectivity index (χ3n) is 4.40. The van der Waals surface area contributed by atoms with Crippen LogP contribution in [0.5, 0.6) is 0 Å². The summed E-state index contributed by atoms with van der Waals surface area (Å²) in [6, 6.07) is 2.61. The zero-order valence-electron chi connectivity index (χ0n) is 11.9. The Morgan fingerprint density at radius 2 is 1.90 bits per heavy atom. The summed E-state index contributed by atoms with van der Waals surface area (Å²) in [7, 11) is 0. The largest absolute Gasteiger partial charge is 0.417 e. The van der Waals surface area contributed by atoms with Gasteiger partial charge in [-0.1, -0.05) is 0 Å². The van der Waals surface area contributed by atoms with E-state index in [-0.39, 0.29) is 0 Å². The summed E-state index contributed by atoms with van der Waals surface area (Å²) in [4.78, 5) is 8.58. The predicted octanol–water partition coefficient (Wildman–Crippen LogP) is 3.02. The lowest BCUT2D eigenvalue weighted by Gasteiger charge is -2.21. The van der Waals surface area contributed by atoms with Gasteiger partial charge in [0.1, 0.15) is 5.82 Å². The maximum atomic E-state index is 12.5. The van der Waals surface area contributed by atoms with Gasteiger partial charge in [0.25, 0.3) is 0 Å². The third kappa shape index (κ3) is 3.48. The van der Waals surface area contributed by atoms with Crippen LogP contribution in [0.1, 0.15) is 24.8 Å². The van der Waals surface area contributed by atoms with Crippen LogP contribution in [0.3, 0.4) is 0 Å². The third-order valence-corrected chi connectivity index (χ3v) is 4.40. The van der Waals surface area contributed by atoms with Gasteiger partial charge in [-0.05, 0) is 50.4 Å². The first-order valence-corrected chi connectivity index (χ1v) is 7.53. The molecule has 6 heteroatoms. The maximum absolute atomic E-state index is 12.5. The van der Waals surface area contributed by atoms with E-state index in [1.54, 1.807) is 0 Å². The monoisotopic (exact) mass is 299 g/mol. The average molecular weight is 299 g/mol. The molecule has 0 amide bonds. The molecule has 1 atom stereocenters. The molecule has 2 fully saturated rings. The second-order valence-corrected chi connectivity index (χ2v) is 6.01. The van der Waals surface area contributed by atoms with Gasteiger partial charge < -0.3 is 9.80 Å². The molecular formula is C15H20F3N3. The van der Waals surface area contributed by atoms with Gasteiger partial charge in [0, 0.05) is 25.8 Å². The Hall–Kier alpha value is -1.30. The van der Waals surface area contributed by atoms with E-state index in [2.05, 4.69) is 14.8 Å². The lowest BCUT2D eigenvalue weighted by Crippen LogP contribution is -2.29. The molecule has 0 unspecified atom stereocenters. The first-order chi connectivity index (χ1) is 10.0. The standard InChI is InChI=1S/C15H20F3N3/c16-15(17,18)13-3-4-14(19-9-13)21-8-5-12(11-21)10-20-6-1-2-7-20/h3-4,9,12H,1-2,5-8,10-11H2/t12-/m1/s1. The highest BCUT2D eigenvalue weighted by atomic mass is 19.4. The van der Waals surface area contributed by atoms with Crippen LogP contribution in [-0.2, 0) is 6.18 Å². The van der Waals surface area contributed by atoms with Crippen LogP contribution in [0.2, 0.25) is 0 Å². The van der Waals surface area contributed by atoms with Crippen molar-refractivity contribution < 1.29 is 13.2 Å². The number of nitrogens with zero attached hydrogens (tertiary/aromatic N) is 3. The van der Waals surface area contributed by atoms with Crippen molar-refractivity contribution >= 4 is 5.82 Å². The fraction of sp³-hybridized carbons (Fsp3) is 0.667. The zero-order valence-corrected chi connectivity index (χ0v) is 11.9. The van der Waals surface area contributed by atoms with Crippen LogP contribution in [0.15, 0.2) is 18.3 Å². The number of anilines is 1. The molecule has 0 saturated carbocycles. The number of likely N-dealkylation sites (tertiary alicyclic amines) is 1. The molecule has 116 valence electrons. The van der Waals surface area contributed by atoms with Gasteiger partial charge in [-0.2, -0.15) is 13.2 Å². The molecule has 1 aromatic heterocycles. The molecule has 3 nitrogen and oxygen atoms in total. The van der Waals surface area contributed by atoms with Crippen LogP contribution < -0.4 is 4.90 Å². The fourth-order valence-electron chi connectivity index (χ4n) is 3.26. The Balaban J connectivity index is 1.58. The smallest absolute Gasteiger partial charge is 0.356 e. The summed E-state index contributed by atoms with van der Waals surface area (Å²) in [6.07, 6.45) is 0.297. The molecule has 0 bridgehead atoms. The molecule has 0 spiro atoms. The number of pyridine rings is 1. The van der Waals surface area contributed by atoms with Crippen LogP contribution in [0, 0.1) is 5.92 Å². The lowest BCUT2D eigenvalue weighted by molar-refractivity contribution is -0.137. The number of hydrogen-bond donors (Lipinski definition) is 0. The summed E-state index contributed by atoms with van der Waals surface area (Å²) >= 11 is 0. The van der Waals surface area contributed by atoms with E-state index < -0.39 is 11.7 Å². The zero-order chi connectivity index (χ0) is 14.9. The summed E-state index contributed by atoms with van der Waals surface area (Å²) in [5.41, 5.74) is -0.681. The Bertz CT molecular complexity index is 466. The minimum Gasteiger partial charge on any atom is -0.356 e. The molecule has 0 aliphatic carbocycles. The Morgan fingerprint density at radius 3 is 2.52 bits per heavy atom. The SMILES string of the molecule is FC(F)(F)c1ccc(N2CC[C@H](CN3CCCC3)C2)nc1. The molecule has 3 heterocycles. The number of halogens is 3. The summed E-state index contributed by atoms with van der Waals surface area (Å²) in [5.74, 6) is 1.26. The van der Waals surface area contributed by atoms with E-state index >= 15 is 0 Å². The van der Waals surface area contributed by atoms with Crippen molar-refractivity contribution in [1.29, 1.82) is 0 Å². The quantitative estimate of drug-likeness (QED) is 0.855. The van der Waals surface area contributed by atoms with Crippen molar-refractivity contribution in [3.8, 4) is 0 Å². The Labute approximate surface area is 122 Å². The molecule has 0 N–H and O–H groups in total. The molecule has 1 aromatic rings. The molecule has 3 rings (SSSR count). The van der Waals surface area contributed by atoms with Gasteiger partial charge in [-0.15, -0.1) is 0 Å². The van der Waals surface area contributed by atoms with Crippen molar-refractivity contribution in [3.05, 3.63) is 23.9 Å². The van der Waals surface area contributed by atoms with Crippen molar-refractivity contribution in [2.75, 3.05) is 37.6 Å². The van der Waals surface area contributed by atoms with Gasteiger partial charge in [0.15, 0.2) is 0 Å². The number of rotatable bonds is 3. The van der Waals surface area contributed by atoms with Gasteiger partial charge in [0.2, 0.25) is 0 Å². The van der Waals surface area contributed by atoms with Crippen LogP contribution in [-0.4, -0.2) is 42.6 Å². The van der Waals surface area contributed by atoms with Crippen molar-refractivity contribution in [2.45, 2.75) is 25.4 Å². The maximum Gasteiger partial charge on any atom is 0.417 e. The van der Waals surface area contributed by atoms with Gasteiger partial charge in [0.05, 0.1) is 5.56 Å². The van der Waals surface area contributed by atoms with E-state index in [0.717, 1.165) is 38.3 Å². The summed E-state index contributed by atoms with van der Waals surface area (Å²) in [5, 5.41) is 0. The fourth-order valence-corrected chi connectivity index (χ4v) is 3.26.